The summed E-state index contributed by atoms with van der Waals surface area (Å²) in [6.45, 7) is 4.56. The van der Waals surface area contributed by atoms with Gasteiger partial charge < -0.3 is 10.1 Å². The molecule has 0 fully saturated rings. The molecule has 0 unspecified atom stereocenters. The highest BCUT2D eigenvalue weighted by Crippen LogP contribution is 2.27. The molecule has 3 aromatic rings. The summed E-state index contributed by atoms with van der Waals surface area (Å²) in [5.74, 6) is 0.502. The SMILES string of the molecule is CC(C)Sc1ccccc1C(=O)Nc1cccc(OCc2cccc(C#N)c2)c1. The van der Waals surface area contributed by atoms with Gasteiger partial charge >= 0.3 is 0 Å². The third-order valence-electron chi connectivity index (χ3n) is 4.05. The average Bonchev–Trinajstić information content (AvgIpc) is 2.72. The van der Waals surface area contributed by atoms with Crippen LogP contribution in [-0.4, -0.2) is 11.2 Å². The van der Waals surface area contributed by atoms with Crippen molar-refractivity contribution < 1.29 is 9.53 Å². The number of anilines is 1. The van der Waals surface area contributed by atoms with Crippen LogP contribution < -0.4 is 10.1 Å². The van der Waals surface area contributed by atoms with E-state index in [4.69, 9.17) is 10.00 Å². The molecular formula is C24H22N2O2S. The van der Waals surface area contributed by atoms with Gasteiger partial charge in [0, 0.05) is 21.9 Å². The minimum absolute atomic E-state index is 0.146. The number of nitrogens with one attached hydrogen (secondary N) is 1. The molecule has 0 aliphatic carbocycles. The number of nitriles is 1. The molecule has 5 heteroatoms. The van der Waals surface area contributed by atoms with E-state index in [1.54, 1.807) is 30.0 Å². The van der Waals surface area contributed by atoms with E-state index in [0.29, 0.717) is 34.4 Å². The fourth-order valence-corrected chi connectivity index (χ4v) is 3.72. The van der Waals surface area contributed by atoms with Gasteiger partial charge in [-0.15, -0.1) is 11.8 Å². The lowest BCUT2D eigenvalue weighted by molar-refractivity contribution is 0.102. The van der Waals surface area contributed by atoms with Crippen molar-refractivity contribution in [3.8, 4) is 11.8 Å². The normalized spacial score (nSPS) is 10.4. The largest absolute Gasteiger partial charge is 0.489 e. The van der Waals surface area contributed by atoms with Crippen LogP contribution in [0.4, 0.5) is 5.69 Å². The van der Waals surface area contributed by atoms with Crippen LogP contribution in [0.25, 0.3) is 0 Å². The van der Waals surface area contributed by atoms with E-state index in [9.17, 15) is 4.79 Å². The molecule has 0 bridgehead atoms. The standard InChI is InChI=1S/C24H22N2O2S/c1-17(2)29-23-12-4-3-11-22(23)24(27)26-20-9-6-10-21(14-20)28-16-19-8-5-7-18(13-19)15-25/h3-14,17H,16H2,1-2H3,(H,26,27). The minimum Gasteiger partial charge on any atom is -0.489 e. The lowest BCUT2D eigenvalue weighted by atomic mass is 10.1. The fourth-order valence-electron chi connectivity index (χ4n) is 2.77. The zero-order valence-electron chi connectivity index (χ0n) is 16.4. The summed E-state index contributed by atoms with van der Waals surface area (Å²) >= 11 is 1.67. The minimum atomic E-state index is -0.146. The molecule has 0 heterocycles. The lowest BCUT2D eigenvalue weighted by Gasteiger charge is -2.12. The van der Waals surface area contributed by atoms with Gasteiger partial charge in [-0.2, -0.15) is 5.26 Å². The Kier molecular flexibility index (Phi) is 6.94. The Hall–Kier alpha value is -3.23. The van der Waals surface area contributed by atoms with Gasteiger partial charge in [0.2, 0.25) is 0 Å². The summed E-state index contributed by atoms with van der Waals surface area (Å²) in [5, 5.41) is 12.3. The van der Waals surface area contributed by atoms with E-state index >= 15 is 0 Å². The number of amides is 1. The van der Waals surface area contributed by atoms with Crippen molar-refractivity contribution in [2.45, 2.75) is 30.6 Å². The van der Waals surface area contributed by atoms with Crippen molar-refractivity contribution >= 4 is 23.4 Å². The first-order valence-electron chi connectivity index (χ1n) is 9.34. The van der Waals surface area contributed by atoms with Gasteiger partial charge in [-0.1, -0.05) is 44.2 Å². The Morgan fingerprint density at radius 1 is 1.07 bits per heavy atom. The first-order chi connectivity index (χ1) is 14.0. The molecule has 146 valence electrons. The maximum Gasteiger partial charge on any atom is 0.256 e. The summed E-state index contributed by atoms with van der Waals surface area (Å²) in [5.41, 5.74) is 2.84. The predicted molar refractivity (Wildman–Crippen MR) is 117 cm³/mol. The maximum atomic E-state index is 12.8. The number of nitrogens with zero attached hydrogens (tertiary/aromatic N) is 1. The van der Waals surface area contributed by atoms with Crippen LogP contribution in [0, 0.1) is 11.3 Å². The number of hydrogen-bond donors (Lipinski definition) is 1. The summed E-state index contributed by atoms with van der Waals surface area (Å²) in [7, 11) is 0. The third kappa shape index (κ3) is 5.87. The van der Waals surface area contributed by atoms with Crippen molar-refractivity contribution in [3.05, 3.63) is 89.5 Å². The molecule has 3 aromatic carbocycles. The zero-order valence-corrected chi connectivity index (χ0v) is 17.2. The zero-order chi connectivity index (χ0) is 20.6. The number of carbonyl (C=O) groups excluding carboxylic acids is 1. The van der Waals surface area contributed by atoms with E-state index in [2.05, 4.69) is 25.2 Å². The molecule has 0 radical (unpaired) electrons. The second kappa shape index (κ2) is 9.81. The van der Waals surface area contributed by atoms with Gasteiger partial charge in [0.25, 0.3) is 5.91 Å². The highest BCUT2D eigenvalue weighted by atomic mass is 32.2. The number of ether oxygens (including phenoxy) is 1. The molecule has 4 nitrogen and oxygen atoms in total. The summed E-state index contributed by atoms with van der Waals surface area (Å²) in [6, 6.07) is 24.3. The van der Waals surface area contributed by atoms with E-state index in [0.717, 1.165) is 10.5 Å². The van der Waals surface area contributed by atoms with Crippen LogP contribution in [0.2, 0.25) is 0 Å². The number of carbonyl (C=O) groups is 1. The second-order valence-electron chi connectivity index (χ2n) is 6.75. The molecule has 0 spiro atoms. The second-order valence-corrected chi connectivity index (χ2v) is 8.36. The summed E-state index contributed by atoms with van der Waals surface area (Å²) < 4.78 is 5.83. The van der Waals surface area contributed by atoms with Gasteiger partial charge in [0.15, 0.2) is 0 Å². The molecule has 0 aliphatic heterocycles. The Morgan fingerprint density at radius 3 is 2.66 bits per heavy atom. The Morgan fingerprint density at radius 2 is 1.86 bits per heavy atom. The Labute approximate surface area is 175 Å². The molecule has 0 atom stereocenters. The van der Waals surface area contributed by atoms with Gasteiger partial charge in [-0.05, 0) is 42.0 Å². The molecule has 1 N–H and O–H groups in total. The van der Waals surface area contributed by atoms with Gasteiger partial charge in [-0.3, -0.25) is 4.79 Å². The molecule has 3 rings (SSSR count). The van der Waals surface area contributed by atoms with Gasteiger partial charge in [0.1, 0.15) is 12.4 Å². The number of hydrogen-bond acceptors (Lipinski definition) is 4. The molecule has 0 saturated heterocycles. The number of benzene rings is 3. The van der Waals surface area contributed by atoms with Crippen molar-refractivity contribution in [3.63, 3.8) is 0 Å². The predicted octanol–water partition coefficient (Wildman–Crippen LogP) is 5.89. The summed E-state index contributed by atoms with van der Waals surface area (Å²) in [4.78, 5) is 13.7. The Balaban J connectivity index is 1.68. The van der Waals surface area contributed by atoms with E-state index < -0.39 is 0 Å². The van der Waals surface area contributed by atoms with Crippen LogP contribution in [0.1, 0.15) is 35.3 Å². The van der Waals surface area contributed by atoms with Crippen LogP contribution in [-0.2, 0) is 6.61 Å². The first kappa shape index (κ1) is 20.5. The van der Waals surface area contributed by atoms with Crippen molar-refractivity contribution in [1.82, 2.24) is 0 Å². The highest BCUT2D eigenvalue weighted by Gasteiger charge is 2.13. The molecule has 1 amide bonds. The summed E-state index contributed by atoms with van der Waals surface area (Å²) in [6.07, 6.45) is 0. The van der Waals surface area contributed by atoms with Gasteiger partial charge in [0.05, 0.1) is 17.2 Å². The molecule has 0 saturated carbocycles. The lowest BCUT2D eigenvalue weighted by Crippen LogP contribution is -2.13. The average molecular weight is 403 g/mol. The van der Waals surface area contributed by atoms with Crippen LogP contribution in [0.3, 0.4) is 0 Å². The smallest absolute Gasteiger partial charge is 0.256 e. The number of rotatable bonds is 7. The molecule has 29 heavy (non-hydrogen) atoms. The van der Waals surface area contributed by atoms with Crippen molar-refractivity contribution in [2.24, 2.45) is 0 Å². The van der Waals surface area contributed by atoms with Crippen LogP contribution >= 0.6 is 11.8 Å². The van der Waals surface area contributed by atoms with E-state index in [1.165, 1.54) is 0 Å². The van der Waals surface area contributed by atoms with Crippen LogP contribution in [0.15, 0.2) is 77.7 Å². The number of thioether (sulfide) groups is 1. The maximum absolute atomic E-state index is 12.8. The molecular weight excluding hydrogens is 380 g/mol. The fraction of sp³-hybridized carbons (Fsp3) is 0.167. The van der Waals surface area contributed by atoms with E-state index in [-0.39, 0.29) is 5.91 Å². The topological polar surface area (TPSA) is 62.1 Å². The monoisotopic (exact) mass is 402 g/mol. The van der Waals surface area contributed by atoms with Crippen molar-refractivity contribution in [2.75, 3.05) is 5.32 Å². The van der Waals surface area contributed by atoms with Crippen molar-refractivity contribution in [1.29, 1.82) is 5.26 Å². The highest BCUT2D eigenvalue weighted by molar-refractivity contribution is 8.00. The van der Waals surface area contributed by atoms with Gasteiger partial charge in [-0.25, -0.2) is 0 Å². The van der Waals surface area contributed by atoms with E-state index in [1.807, 2.05) is 54.6 Å². The molecule has 0 aliphatic rings. The third-order valence-corrected chi connectivity index (χ3v) is 5.13. The van der Waals surface area contributed by atoms with Crippen LogP contribution in [0.5, 0.6) is 5.75 Å². The quantitative estimate of drug-likeness (QED) is 0.501. The Bertz CT molecular complexity index is 1040. The molecule has 0 aromatic heterocycles. The first-order valence-corrected chi connectivity index (χ1v) is 10.2.